The van der Waals surface area contributed by atoms with Crippen molar-refractivity contribution < 1.29 is 24.0 Å². The van der Waals surface area contributed by atoms with Crippen LogP contribution in [0.3, 0.4) is 0 Å². The molecule has 0 heterocycles. The molecule has 1 atom stereocenters. The minimum absolute atomic E-state index is 0.104. The highest BCUT2D eigenvalue weighted by Crippen LogP contribution is 2.29. The first-order valence-electron chi connectivity index (χ1n) is 6.80. The lowest BCUT2D eigenvalue weighted by atomic mass is 9.84. The predicted octanol–water partition coefficient (Wildman–Crippen LogP) is 3.55. The van der Waals surface area contributed by atoms with Gasteiger partial charge >= 0.3 is 5.97 Å². The van der Waals surface area contributed by atoms with Gasteiger partial charge in [-0.25, -0.2) is 4.79 Å². The van der Waals surface area contributed by atoms with Crippen LogP contribution in [-0.4, -0.2) is 17.9 Å². The molecular formula is C16H26O5. The van der Waals surface area contributed by atoms with Gasteiger partial charge in [-0.2, -0.15) is 4.89 Å². The Hall–Kier alpha value is -1.67. The summed E-state index contributed by atoms with van der Waals surface area (Å²) in [6.07, 6.45) is 8.06. The third kappa shape index (κ3) is 9.80. The van der Waals surface area contributed by atoms with E-state index in [9.17, 15) is 4.79 Å². The second-order valence-corrected chi connectivity index (χ2v) is 6.69. The maximum absolute atomic E-state index is 11.6. The Morgan fingerprint density at radius 3 is 2.33 bits per heavy atom. The van der Waals surface area contributed by atoms with Gasteiger partial charge < -0.3 is 14.4 Å². The first-order chi connectivity index (χ1) is 9.47. The zero-order valence-corrected chi connectivity index (χ0v) is 14.0. The fourth-order valence-corrected chi connectivity index (χ4v) is 1.94. The zero-order chi connectivity index (χ0) is 16.7. The van der Waals surface area contributed by atoms with Gasteiger partial charge in [0.15, 0.2) is 0 Å². The molecule has 0 aromatic carbocycles. The van der Waals surface area contributed by atoms with E-state index in [1.165, 1.54) is 13.2 Å². The summed E-state index contributed by atoms with van der Waals surface area (Å²) in [5.74, 6) is -0.588. The Morgan fingerprint density at radius 1 is 1.29 bits per heavy atom. The smallest absolute Gasteiger partial charge is 0.340 e. The summed E-state index contributed by atoms with van der Waals surface area (Å²) in [6, 6.07) is 0. The Kier molecular flexibility index (Phi) is 7.31. The fraction of sp³-hybridized carbons (Fsp3) is 0.688. The Labute approximate surface area is 127 Å². The number of ether oxygens (including phenoxy) is 2. The third-order valence-electron chi connectivity index (χ3n) is 2.28. The van der Waals surface area contributed by atoms with E-state index in [0.29, 0.717) is 0 Å². The molecule has 120 valence electrons. The summed E-state index contributed by atoms with van der Waals surface area (Å²) >= 11 is 0. The summed E-state index contributed by atoms with van der Waals surface area (Å²) in [6.45, 7) is 13.3. The lowest BCUT2D eigenvalue weighted by molar-refractivity contribution is -0.322. The van der Waals surface area contributed by atoms with E-state index in [2.05, 4.69) is 25.5 Å². The van der Waals surface area contributed by atoms with Crippen LogP contribution in [0.5, 0.6) is 0 Å². The van der Waals surface area contributed by atoms with Crippen LogP contribution in [0.15, 0.2) is 11.8 Å². The van der Waals surface area contributed by atoms with Gasteiger partial charge in [-0.1, -0.05) is 27.2 Å². The first kappa shape index (κ1) is 19.3. The number of carbonyl (C=O) groups excluding carboxylic acids is 1. The van der Waals surface area contributed by atoms with Crippen molar-refractivity contribution in [2.75, 3.05) is 0 Å². The van der Waals surface area contributed by atoms with Gasteiger partial charge in [0.2, 0.25) is 0 Å². The van der Waals surface area contributed by atoms with Gasteiger partial charge in [0.25, 0.3) is 6.29 Å². The monoisotopic (exact) mass is 298 g/mol. The van der Waals surface area contributed by atoms with Gasteiger partial charge in [0.05, 0.1) is 5.57 Å². The van der Waals surface area contributed by atoms with E-state index in [-0.39, 0.29) is 11.0 Å². The maximum atomic E-state index is 11.6. The zero-order valence-electron chi connectivity index (χ0n) is 14.0. The molecule has 0 spiro atoms. The van der Waals surface area contributed by atoms with Crippen molar-refractivity contribution in [1.29, 1.82) is 0 Å². The minimum atomic E-state index is -0.816. The Morgan fingerprint density at radius 2 is 1.86 bits per heavy atom. The molecule has 0 aromatic rings. The van der Waals surface area contributed by atoms with Crippen LogP contribution in [0.4, 0.5) is 0 Å². The van der Waals surface area contributed by atoms with Crippen LogP contribution in [0.2, 0.25) is 0 Å². The molecule has 0 rings (SSSR count). The molecule has 0 aliphatic heterocycles. The van der Waals surface area contributed by atoms with Crippen LogP contribution in [0.25, 0.3) is 0 Å². The molecule has 0 aliphatic carbocycles. The standard InChI is InChI=1S/C16H26O5/c1-9-18-13(3)20-14(17)12(2)10-19-21-16(7,8)11-15(4,5)6/h1,10,13H,11H2,2-8H3. The highest BCUT2D eigenvalue weighted by Gasteiger charge is 2.27. The average molecular weight is 298 g/mol. The molecule has 0 aromatic heterocycles. The van der Waals surface area contributed by atoms with Crippen molar-refractivity contribution >= 4 is 5.97 Å². The summed E-state index contributed by atoms with van der Waals surface area (Å²) in [4.78, 5) is 22.0. The number of esters is 1. The average Bonchev–Trinajstić information content (AvgIpc) is 2.25. The first-order valence-corrected chi connectivity index (χ1v) is 6.80. The van der Waals surface area contributed by atoms with E-state index < -0.39 is 17.9 Å². The quantitative estimate of drug-likeness (QED) is 0.137. The molecule has 0 fully saturated rings. The predicted molar refractivity (Wildman–Crippen MR) is 79.6 cm³/mol. The van der Waals surface area contributed by atoms with Crippen molar-refractivity contribution in [3.05, 3.63) is 11.8 Å². The second-order valence-electron chi connectivity index (χ2n) is 6.69. The Balaban J connectivity index is 4.35. The van der Waals surface area contributed by atoms with E-state index in [1.54, 1.807) is 6.92 Å². The van der Waals surface area contributed by atoms with E-state index in [0.717, 1.165) is 6.42 Å². The molecule has 0 radical (unpaired) electrons. The highest BCUT2D eigenvalue weighted by atomic mass is 17.2. The molecule has 0 bridgehead atoms. The number of carbonyl (C=O) groups is 1. The molecule has 0 saturated carbocycles. The third-order valence-corrected chi connectivity index (χ3v) is 2.28. The summed E-state index contributed by atoms with van der Waals surface area (Å²) in [5.41, 5.74) is -0.125. The van der Waals surface area contributed by atoms with Crippen molar-refractivity contribution in [1.82, 2.24) is 0 Å². The molecule has 1 unspecified atom stereocenters. The van der Waals surface area contributed by atoms with Crippen molar-refractivity contribution in [2.24, 2.45) is 5.41 Å². The molecule has 21 heavy (non-hydrogen) atoms. The van der Waals surface area contributed by atoms with Crippen molar-refractivity contribution in [3.63, 3.8) is 0 Å². The van der Waals surface area contributed by atoms with Crippen LogP contribution in [0.1, 0.15) is 54.9 Å². The molecule has 5 heteroatoms. The van der Waals surface area contributed by atoms with Crippen molar-refractivity contribution in [3.8, 4) is 12.5 Å². The van der Waals surface area contributed by atoms with Gasteiger partial charge in [-0.3, -0.25) is 0 Å². The molecule has 0 saturated heterocycles. The lowest BCUT2D eigenvalue weighted by Crippen LogP contribution is -2.29. The topological polar surface area (TPSA) is 54.0 Å². The minimum Gasteiger partial charge on any atom is -0.421 e. The normalized spacial score (nSPS) is 14.1. The Bertz CT molecular complexity index is 409. The number of hydrogen-bond acceptors (Lipinski definition) is 5. The number of terminal acetylenes is 1. The number of rotatable bonds is 7. The largest absolute Gasteiger partial charge is 0.421 e. The maximum Gasteiger partial charge on any atom is 0.340 e. The van der Waals surface area contributed by atoms with E-state index >= 15 is 0 Å². The molecular weight excluding hydrogens is 272 g/mol. The van der Waals surface area contributed by atoms with Crippen molar-refractivity contribution in [2.45, 2.75) is 66.8 Å². The second kappa shape index (κ2) is 7.94. The SMILES string of the molecule is C#COC(C)OC(=O)C(C)=COOC(C)(C)CC(C)(C)C. The summed E-state index contributed by atoms with van der Waals surface area (Å²) in [5, 5.41) is 0. The van der Waals surface area contributed by atoms with Gasteiger partial charge in [-0.05, 0) is 32.6 Å². The van der Waals surface area contributed by atoms with Gasteiger partial charge in [0.1, 0.15) is 18.0 Å². The van der Waals surface area contributed by atoms with Gasteiger partial charge in [0, 0.05) is 6.92 Å². The summed E-state index contributed by atoms with van der Waals surface area (Å²) in [7, 11) is 0. The van der Waals surface area contributed by atoms with Crippen LogP contribution < -0.4 is 0 Å². The van der Waals surface area contributed by atoms with Crippen LogP contribution >= 0.6 is 0 Å². The molecule has 5 nitrogen and oxygen atoms in total. The van der Waals surface area contributed by atoms with Crippen LogP contribution in [-0.2, 0) is 24.0 Å². The lowest BCUT2D eigenvalue weighted by Gasteiger charge is -2.30. The molecule has 0 aliphatic rings. The molecule has 0 amide bonds. The molecule has 0 N–H and O–H groups in total. The van der Waals surface area contributed by atoms with E-state index in [1.807, 2.05) is 20.0 Å². The highest BCUT2D eigenvalue weighted by molar-refractivity contribution is 5.87. The fourth-order valence-electron chi connectivity index (χ4n) is 1.94. The van der Waals surface area contributed by atoms with E-state index in [4.69, 9.17) is 20.9 Å². The summed E-state index contributed by atoms with van der Waals surface area (Å²) < 4.78 is 9.57. The number of hydrogen-bond donors (Lipinski definition) is 0. The van der Waals surface area contributed by atoms with Gasteiger partial charge in [-0.15, -0.1) is 0 Å². The van der Waals surface area contributed by atoms with Crippen LogP contribution in [0, 0.1) is 17.9 Å².